The Morgan fingerprint density at radius 2 is 1.67 bits per heavy atom. The molecule has 2 aliphatic rings. The van der Waals surface area contributed by atoms with Crippen LogP contribution in [0.5, 0.6) is 0 Å². The zero-order valence-electron chi connectivity index (χ0n) is 10.9. The average Bonchev–Trinajstić information content (AvgIpc) is 3.03. The standard InChI is InChI=1S/C15H13Cl2NO3/c16-9-2-1-3-10(17)13(9)18-14(19)11-7-4-5-8(6-7)12(11)15(20)21/h1-5,7-8,11-12H,6H2,(H,18,19)(H,20,21)/t7?,8?,11-,12+/m0/s1. The van der Waals surface area contributed by atoms with E-state index in [-0.39, 0.29) is 17.7 Å². The number of nitrogens with one attached hydrogen (secondary N) is 1. The highest BCUT2D eigenvalue weighted by Gasteiger charge is 2.51. The van der Waals surface area contributed by atoms with E-state index in [1.165, 1.54) is 0 Å². The number of hydrogen-bond donors (Lipinski definition) is 2. The van der Waals surface area contributed by atoms with Gasteiger partial charge in [-0.2, -0.15) is 0 Å². The lowest BCUT2D eigenvalue weighted by Crippen LogP contribution is -2.36. The number of para-hydroxylation sites is 1. The Morgan fingerprint density at radius 3 is 2.24 bits per heavy atom. The Balaban J connectivity index is 1.85. The smallest absolute Gasteiger partial charge is 0.307 e. The Hall–Kier alpha value is -1.52. The number of benzene rings is 1. The van der Waals surface area contributed by atoms with Gasteiger partial charge in [0.05, 0.1) is 27.6 Å². The zero-order valence-corrected chi connectivity index (χ0v) is 12.4. The predicted molar refractivity (Wildman–Crippen MR) is 80.4 cm³/mol. The van der Waals surface area contributed by atoms with Gasteiger partial charge >= 0.3 is 5.97 Å². The molecule has 1 saturated carbocycles. The molecule has 4 atom stereocenters. The fourth-order valence-electron chi connectivity index (χ4n) is 3.34. The highest BCUT2D eigenvalue weighted by atomic mass is 35.5. The van der Waals surface area contributed by atoms with Crippen molar-refractivity contribution in [1.29, 1.82) is 0 Å². The molecule has 1 amide bonds. The minimum Gasteiger partial charge on any atom is -0.481 e. The Morgan fingerprint density at radius 1 is 1.10 bits per heavy atom. The number of anilines is 1. The van der Waals surface area contributed by atoms with Crippen molar-refractivity contribution in [3.8, 4) is 0 Å². The van der Waals surface area contributed by atoms with Crippen LogP contribution in [0.4, 0.5) is 5.69 Å². The van der Waals surface area contributed by atoms with Crippen LogP contribution in [-0.4, -0.2) is 17.0 Å². The first-order valence-corrected chi connectivity index (χ1v) is 7.40. The number of carbonyl (C=O) groups excluding carboxylic acids is 1. The van der Waals surface area contributed by atoms with Gasteiger partial charge in [0, 0.05) is 0 Å². The Kier molecular flexibility index (Phi) is 3.68. The normalized spacial score (nSPS) is 29.6. The molecule has 0 aromatic heterocycles. The van der Waals surface area contributed by atoms with Gasteiger partial charge < -0.3 is 10.4 Å². The van der Waals surface area contributed by atoms with Gasteiger partial charge in [-0.15, -0.1) is 0 Å². The molecule has 2 aliphatic carbocycles. The molecule has 0 spiro atoms. The number of halogens is 2. The van der Waals surface area contributed by atoms with Crippen molar-refractivity contribution in [1.82, 2.24) is 0 Å². The molecule has 3 rings (SSSR count). The monoisotopic (exact) mass is 325 g/mol. The molecule has 21 heavy (non-hydrogen) atoms. The van der Waals surface area contributed by atoms with E-state index in [9.17, 15) is 14.7 Å². The summed E-state index contributed by atoms with van der Waals surface area (Å²) < 4.78 is 0. The van der Waals surface area contributed by atoms with Crippen molar-refractivity contribution < 1.29 is 14.7 Å². The average molecular weight is 326 g/mol. The fourth-order valence-corrected chi connectivity index (χ4v) is 3.83. The van der Waals surface area contributed by atoms with Gasteiger partial charge in [-0.3, -0.25) is 9.59 Å². The van der Waals surface area contributed by atoms with Crippen LogP contribution in [0.25, 0.3) is 0 Å². The topological polar surface area (TPSA) is 66.4 Å². The SMILES string of the molecule is O=C(O)[C@@H]1C2C=CC(C2)[C@@H]1C(=O)Nc1c(Cl)cccc1Cl. The van der Waals surface area contributed by atoms with Gasteiger partial charge in [-0.25, -0.2) is 0 Å². The van der Waals surface area contributed by atoms with Crippen LogP contribution in [0.2, 0.25) is 10.0 Å². The number of carboxylic acids is 1. The van der Waals surface area contributed by atoms with Crippen LogP contribution < -0.4 is 5.32 Å². The van der Waals surface area contributed by atoms with Crippen molar-refractivity contribution >= 4 is 40.8 Å². The molecule has 0 saturated heterocycles. The lowest BCUT2D eigenvalue weighted by atomic mass is 9.82. The quantitative estimate of drug-likeness (QED) is 0.836. The van der Waals surface area contributed by atoms with Crippen molar-refractivity contribution in [2.24, 2.45) is 23.7 Å². The van der Waals surface area contributed by atoms with Crippen LogP contribution in [0, 0.1) is 23.7 Å². The van der Waals surface area contributed by atoms with Crippen molar-refractivity contribution in [3.05, 3.63) is 40.4 Å². The van der Waals surface area contributed by atoms with Crippen molar-refractivity contribution in [2.75, 3.05) is 5.32 Å². The van der Waals surface area contributed by atoms with Crippen LogP contribution in [-0.2, 0) is 9.59 Å². The van der Waals surface area contributed by atoms with Gasteiger partial charge in [0.2, 0.25) is 5.91 Å². The first kappa shape index (κ1) is 14.4. The molecule has 0 aliphatic heterocycles. The molecule has 4 nitrogen and oxygen atoms in total. The molecule has 0 heterocycles. The highest BCUT2D eigenvalue weighted by molar-refractivity contribution is 6.39. The summed E-state index contributed by atoms with van der Waals surface area (Å²) in [4.78, 5) is 23.9. The second-order valence-electron chi connectivity index (χ2n) is 5.42. The number of hydrogen-bond acceptors (Lipinski definition) is 2. The van der Waals surface area contributed by atoms with Gasteiger partial charge in [0.25, 0.3) is 0 Å². The van der Waals surface area contributed by atoms with Gasteiger partial charge in [-0.1, -0.05) is 41.4 Å². The summed E-state index contributed by atoms with van der Waals surface area (Å²) >= 11 is 12.1. The molecule has 2 N–H and O–H groups in total. The molecule has 0 radical (unpaired) electrons. The van der Waals surface area contributed by atoms with Crippen LogP contribution >= 0.6 is 23.2 Å². The third-order valence-corrected chi connectivity index (χ3v) is 4.89. The summed E-state index contributed by atoms with van der Waals surface area (Å²) in [6.45, 7) is 0. The number of allylic oxidation sites excluding steroid dienone is 2. The lowest BCUT2D eigenvalue weighted by molar-refractivity contribution is -0.146. The first-order valence-electron chi connectivity index (χ1n) is 6.65. The number of fused-ring (bicyclic) bond motifs is 2. The van der Waals surface area contributed by atoms with E-state index in [2.05, 4.69) is 5.32 Å². The van der Waals surface area contributed by atoms with E-state index in [0.717, 1.165) is 0 Å². The van der Waals surface area contributed by atoms with Crippen molar-refractivity contribution in [2.45, 2.75) is 6.42 Å². The third-order valence-electron chi connectivity index (χ3n) is 4.26. The van der Waals surface area contributed by atoms with E-state index in [4.69, 9.17) is 23.2 Å². The second-order valence-corrected chi connectivity index (χ2v) is 6.24. The Labute approximate surface area is 131 Å². The number of aliphatic carboxylic acids is 1. The highest BCUT2D eigenvalue weighted by Crippen LogP contribution is 2.48. The summed E-state index contributed by atoms with van der Waals surface area (Å²) in [7, 11) is 0. The first-order chi connectivity index (χ1) is 9.99. The number of rotatable bonds is 3. The van der Waals surface area contributed by atoms with E-state index >= 15 is 0 Å². The van der Waals surface area contributed by atoms with Crippen LogP contribution in [0.3, 0.4) is 0 Å². The summed E-state index contributed by atoms with van der Waals surface area (Å²) in [6.07, 6.45) is 4.55. The molecule has 2 unspecified atom stereocenters. The summed E-state index contributed by atoms with van der Waals surface area (Å²) in [5.41, 5.74) is 0.335. The number of amides is 1. The molecular weight excluding hydrogens is 313 g/mol. The zero-order chi connectivity index (χ0) is 15.1. The van der Waals surface area contributed by atoms with E-state index in [0.29, 0.717) is 22.2 Å². The minimum atomic E-state index is -0.933. The predicted octanol–water partition coefficient (Wildman–Crippen LogP) is 3.45. The van der Waals surface area contributed by atoms with E-state index in [1.54, 1.807) is 18.2 Å². The molecule has 2 bridgehead atoms. The number of carbonyl (C=O) groups is 2. The number of carboxylic acid groups (broad SMARTS) is 1. The molecule has 6 heteroatoms. The van der Waals surface area contributed by atoms with Gasteiger partial charge in [0.15, 0.2) is 0 Å². The summed E-state index contributed by atoms with van der Waals surface area (Å²) in [6, 6.07) is 4.93. The maximum atomic E-state index is 12.5. The van der Waals surface area contributed by atoms with Gasteiger partial charge in [-0.05, 0) is 30.4 Å². The van der Waals surface area contributed by atoms with Crippen LogP contribution in [0.15, 0.2) is 30.4 Å². The maximum Gasteiger partial charge on any atom is 0.307 e. The van der Waals surface area contributed by atoms with E-state index < -0.39 is 17.8 Å². The summed E-state index contributed by atoms with van der Waals surface area (Å²) in [5, 5.41) is 12.7. The third kappa shape index (κ3) is 2.43. The molecule has 110 valence electrons. The molecular formula is C15H13Cl2NO3. The van der Waals surface area contributed by atoms with E-state index in [1.807, 2.05) is 12.2 Å². The maximum absolute atomic E-state index is 12.5. The largest absolute Gasteiger partial charge is 0.481 e. The van der Waals surface area contributed by atoms with Crippen molar-refractivity contribution in [3.63, 3.8) is 0 Å². The second kappa shape index (κ2) is 5.35. The minimum absolute atomic E-state index is 0.0302. The Bertz CT molecular complexity index is 624. The molecule has 1 fully saturated rings. The van der Waals surface area contributed by atoms with Crippen LogP contribution in [0.1, 0.15) is 6.42 Å². The summed E-state index contributed by atoms with van der Waals surface area (Å²) in [5.74, 6) is -2.63. The molecule has 1 aromatic carbocycles. The van der Waals surface area contributed by atoms with Gasteiger partial charge in [0.1, 0.15) is 0 Å². The lowest BCUT2D eigenvalue weighted by Gasteiger charge is -2.24. The fraction of sp³-hybridized carbons (Fsp3) is 0.333. The molecule has 1 aromatic rings.